The number of anilines is 1. The smallest absolute Gasteiger partial charge is 0.226 e. The SMILES string of the molecule is O=C(CCn1cncn1)Nc1ccc2c(c1)CCC2. The first-order valence-corrected chi connectivity index (χ1v) is 6.55. The fourth-order valence-corrected chi connectivity index (χ4v) is 2.44. The lowest BCUT2D eigenvalue weighted by Crippen LogP contribution is -2.14. The van der Waals surface area contributed by atoms with E-state index in [1.54, 1.807) is 11.0 Å². The highest BCUT2D eigenvalue weighted by molar-refractivity contribution is 5.90. The van der Waals surface area contributed by atoms with E-state index in [-0.39, 0.29) is 5.91 Å². The maximum Gasteiger partial charge on any atom is 0.226 e. The quantitative estimate of drug-likeness (QED) is 0.907. The molecule has 1 N–H and O–H groups in total. The van der Waals surface area contributed by atoms with Crippen LogP contribution in [0.4, 0.5) is 5.69 Å². The van der Waals surface area contributed by atoms with E-state index in [1.165, 1.54) is 23.9 Å². The third kappa shape index (κ3) is 2.81. The molecule has 0 saturated carbocycles. The molecule has 1 aromatic heterocycles. The van der Waals surface area contributed by atoms with Crippen molar-refractivity contribution in [1.29, 1.82) is 0 Å². The normalized spacial score (nSPS) is 13.3. The Kier molecular flexibility index (Phi) is 3.27. The van der Waals surface area contributed by atoms with Crippen molar-refractivity contribution in [3.8, 4) is 0 Å². The Morgan fingerprint density at radius 1 is 1.32 bits per heavy atom. The van der Waals surface area contributed by atoms with Gasteiger partial charge < -0.3 is 5.32 Å². The number of hydrogen-bond donors (Lipinski definition) is 1. The van der Waals surface area contributed by atoms with E-state index in [0.717, 1.165) is 18.5 Å². The number of carbonyl (C=O) groups is 1. The number of rotatable bonds is 4. The van der Waals surface area contributed by atoms with Crippen molar-refractivity contribution in [2.45, 2.75) is 32.2 Å². The van der Waals surface area contributed by atoms with Gasteiger partial charge in [0.15, 0.2) is 0 Å². The van der Waals surface area contributed by atoms with Crippen LogP contribution in [-0.2, 0) is 24.2 Å². The standard InChI is InChI=1S/C14H16N4O/c19-14(6-7-18-10-15-9-16-18)17-13-5-4-11-2-1-3-12(11)8-13/h4-5,8-10H,1-3,6-7H2,(H,17,19). The van der Waals surface area contributed by atoms with Gasteiger partial charge in [-0.1, -0.05) is 6.07 Å². The molecule has 0 aliphatic heterocycles. The zero-order valence-corrected chi connectivity index (χ0v) is 10.7. The summed E-state index contributed by atoms with van der Waals surface area (Å²) in [5, 5.41) is 6.90. The van der Waals surface area contributed by atoms with Gasteiger partial charge in [-0.25, -0.2) is 4.98 Å². The molecule has 0 radical (unpaired) electrons. The first kappa shape index (κ1) is 11.9. The summed E-state index contributed by atoms with van der Waals surface area (Å²) in [4.78, 5) is 15.7. The van der Waals surface area contributed by atoms with Crippen LogP contribution in [0.2, 0.25) is 0 Å². The van der Waals surface area contributed by atoms with Crippen molar-refractivity contribution in [2.75, 3.05) is 5.32 Å². The number of nitrogens with zero attached hydrogens (tertiary/aromatic N) is 3. The Morgan fingerprint density at radius 3 is 3.05 bits per heavy atom. The summed E-state index contributed by atoms with van der Waals surface area (Å²) in [5.41, 5.74) is 3.68. The second-order valence-corrected chi connectivity index (χ2v) is 4.79. The Hall–Kier alpha value is -2.17. The summed E-state index contributed by atoms with van der Waals surface area (Å²) >= 11 is 0. The summed E-state index contributed by atoms with van der Waals surface area (Å²) in [6, 6.07) is 6.20. The molecule has 0 bridgehead atoms. The van der Waals surface area contributed by atoms with Crippen LogP contribution in [0.15, 0.2) is 30.9 Å². The molecule has 1 aliphatic carbocycles. The Bertz CT molecular complexity index is 577. The van der Waals surface area contributed by atoms with Crippen LogP contribution in [0.5, 0.6) is 0 Å². The molecule has 1 aliphatic rings. The van der Waals surface area contributed by atoms with Crippen molar-refractivity contribution in [1.82, 2.24) is 14.8 Å². The Balaban J connectivity index is 1.57. The molecule has 3 rings (SSSR count). The van der Waals surface area contributed by atoms with Gasteiger partial charge in [0.1, 0.15) is 12.7 Å². The van der Waals surface area contributed by atoms with Crippen LogP contribution in [0.1, 0.15) is 24.0 Å². The predicted octanol–water partition coefficient (Wildman–Crippen LogP) is 1.80. The van der Waals surface area contributed by atoms with Gasteiger partial charge >= 0.3 is 0 Å². The van der Waals surface area contributed by atoms with E-state index in [2.05, 4.69) is 27.5 Å². The topological polar surface area (TPSA) is 59.8 Å². The molecular formula is C14H16N4O. The van der Waals surface area contributed by atoms with E-state index in [1.807, 2.05) is 6.07 Å². The van der Waals surface area contributed by atoms with E-state index >= 15 is 0 Å². The van der Waals surface area contributed by atoms with Crippen LogP contribution < -0.4 is 5.32 Å². The molecule has 0 atom stereocenters. The van der Waals surface area contributed by atoms with Crippen molar-refractivity contribution < 1.29 is 4.79 Å². The number of fused-ring (bicyclic) bond motifs is 1. The number of aromatic nitrogens is 3. The van der Waals surface area contributed by atoms with Gasteiger partial charge in [0.2, 0.25) is 5.91 Å². The minimum Gasteiger partial charge on any atom is -0.326 e. The van der Waals surface area contributed by atoms with E-state index in [9.17, 15) is 4.79 Å². The first-order chi connectivity index (χ1) is 9.31. The average molecular weight is 256 g/mol. The predicted molar refractivity (Wildman–Crippen MR) is 71.7 cm³/mol. The number of aryl methyl sites for hydroxylation is 3. The van der Waals surface area contributed by atoms with E-state index < -0.39 is 0 Å². The molecule has 1 heterocycles. The minimum atomic E-state index is 0.00782. The number of nitrogens with one attached hydrogen (secondary N) is 1. The van der Waals surface area contributed by atoms with Gasteiger partial charge in [0, 0.05) is 12.1 Å². The third-order valence-electron chi connectivity index (χ3n) is 3.42. The third-order valence-corrected chi connectivity index (χ3v) is 3.42. The number of hydrogen-bond acceptors (Lipinski definition) is 3. The number of carbonyl (C=O) groups excluding carboxylic acids is 1. The van der Waals surface area contributed by atoms with Gasteiger partial charge in [-0.3, -0.25) is 9.48 Å². The second-order valence-electron chi connectivity index (χ2n) is 4.79. The zero-order chi connectivity index (χ0) is 13.1. The van der Waals surface area contributed by atoms with Gasteiger partial charge in [-0.15, -0.1) is 0 Å². The van der Waals surface area contributed by atoms with Crippen molar-refractivity contribution in [3.05, 3.63) is 42.0 Å². The van der Waals surface area contributed by atoms with E-state index in [4.69, 9.17) is 0 Å². The lowest BCUT2D eigenvalue weighted by Gasteiger charge is -2.07. The lowest BCUT2D eigenvalue weighted by atomic mass is 10.1. The summed E-state index contributed by atoms with van der Waals surface area (Å²) in [6.07, 6.45) is 6.99. The first-order valence-electron chi connectivity index (χ1n) is 6.55. The molecular weight excluding hydrogens is 240 g/mol. The maximum absolute atomic E-state index is 11.8. The Labute approximate surface area is 111 Å². The van der Waals surface area contributed by atoms with Crippen LogP contribution in [0.25, 0.3) is 0 Å². The molecule has 0 unspecified atom stereocenters. The number of amides is 1. The molecule has 0 spiro atoms. The molecule has 0 fully saturated rings. The summed E-state index contributed by atoms with van der Waals surface area (Å²) in [7, 11) is 0. The molecule has 1 aromatic carbocycles. The highest BCUT2D eigenvalue weighted by Gasteiger charge is 2.11. The minimum absolute atomic E-state index is 0.00782. The molecule has 5 heteroatoms. The van der Waals surface area contributed by atoms with E-state index in [0.29, 0.717) is 13.0 Å². The maximum atomic E-state index is 11.8. The van der Waals surface area contributed by atoms with Crippen LogP contribution in [0.3, 0.4) is 0 Å². The molecule has 98 valence electrons. The van der Waals surface area contributed by atoms with Gasteiger partial charge in [-0.05, 0) is 42.5 Å². The fraction of sp³-hybridized carbons (Fsp3) is 0.357. The molecule has 1 amide bonds. The largest absolute Gasteiger partial charge is 0.326 e. The molecule has 19 heavy (non-hydrogen) atoms. The lowest BCUT2D eigenvalue weighted by molar-refractivity contribution is -0.116. The fourth-order valence-electron chi connectivity index (χ4n) is 2.44. The number of benzene rings is 1. The van der Waals surface area contributed by atoms with Crippen molar-refractivity contribution in [3.63, 3.8) is 0 Å². The van der Waals surface area contributed by atoms with Gasteiger partial charge in [-0.2, -0.15) is 5.10 Å². The van der Waals surface area contributed by atoms with Gasteiger partial charge in [0.05, 0.1) is 6.54 Å². The zero-order valence-electron chi connectivity index (χ0n) is 10.7. The summed E-state index contributed by atoms with van der Waals surface area (Å²) in [5.74, 6) is 0.00782. The van der Waals surface area contributed by atoms with Gasteiger partial charge in [0.25, 0.3) is 0 Å². The highest BCUT2D eigenvalue weighted by Crippen LogP contribution is 2.24. The monoisotopic (exact) mass is 256 g/mol. The molecule has 5 nitrogen and oxygen atoms in total. The average Bonchev–Trinajstić information content (AvgIpc) is 3.07. The molecule has 0 saturated heterocycles. The Morgan fingerprint density at radius 2 is 2.21 bits per heavy atom. The summed E-state index contributed by atoms with van der Waals surface area (Å²) in [6.45, 7) is 0.552. The van der Waals surface area contributed by atoms with Crippen molar-refractivity contribution in [2.24, 2.45) is 0 Å². The van der Waals surface area contributed by atoms with Crippen LogP contribution in [0, 0.1) is 0 Å². The molecule has 2 aromatic rings. The summed E-state index contributed by atoms with van der Waals surface area (Å²) < 4.78 is 1.66. The second kappa shape index (κ2) is 5.22. The highest BCUT2D eigenvalue weighted by atomic mass is 16.1. The van der Waals surface area contributed by atoms with Crippen LogP contribution >= 0.6 is 0 Å². The van der Waals surface area contributed by atoms with Crippen molar-refractivity contribution >= 4 is 11.6 Å². The van der Waals surface area contributed by atoms with Crippen LogP contribution in [-0.4, -0.2) is 20.7 Å².